The van der Waals surface area contributed by atoms with E-state index in [1.54, 1.807) is 0 Å². The van der Waals surface area contributed by atoms with Crippen molar-refractivity contribution in [3.05, 3.63) is 23.9 Å². The van der Waals surface area contributed by atoms with E-state index < -0.39 is 0 Å². The van der Waals surface area contributed by atoms with E-state index in [4.69, 9.17) is 0 Å². The molecule has 17 heavy (non-hydrogen) atoms. The zero-order valence-corrected chi connectivity index (χ0v) is 11.6. The van der Waals surface area contributed by atoms with Crippen molar-refractivity contribution in [1.29, 1.82) is 0 Å². The largest absolute Gasteiger partial charge is 0.310 e. The van der Waals surface area contributed by atoms with Gasteiger partial charge in [0.1, 0.15) is 0 Å². The average molecular weight is 250 g/mol. The number of hydrogen-bond donors (Lipinski definition) is 1. The van der Waals surface area contributed by atoms with Gasteiger partial charge in [0.05, 0.1) is 5.03 Å². The minimum absolute atomic E-state index is 0.773. The number of hydrogen-bond acceptors (Lipinski definition) is 3. The first-order valence-electron chi connectivity index (χ1n) is 6.59. The van der Waals surface area contributed by atoms with Crippen molar-refractivity contribution in [1.82, 2.24) is 10.3 Å². The molecule has 1 unspecified atom stereocenters. The first kappa shape index (κ1) is 12.9. The number of nitrogens with one attached hydrogen (secondary N) is 1. The third kappa shape index (κ3) is 4.68. The molecule has 0 aliphatic heterocycles. The molecular formula is C14H22N2S. The van der Waals surface area contributed by atoms with E-state index in [1.807, 2.05) is 18.0 Å². The summed E-state index contributed by atoms with van der Waals surface area (Å²) in [7, 11) is 0. The molecule has 1 aliphatic rings. The van der Waals surface area contributed by atoms with Crippen molar-refractivity contribution in [2.24, 2.45) is 5.92 Å². The van der Waals surface area contributed by atoms with Crippen LogP contribution >= 0.6 is 11.8 Å². The van der Waals surface area contributed by atoms with Crippen LogP contribution in [0.15, 0.2) is 23.4 Å². The number of thioether (sulfide) groups is 1. The summed E-state index contributed by atoms with van der Waals surface area (Å²) in [5, 5.41) is 4.66. The lowest BCUT2D eigenvalue weighted by Crippen LogP contribution is -2.15. The van der Waals surface area contributed by atoms with Crippen LogP contribution in [0.3, 0.4) is 0 Å². The van der Waals surface area contributed by atoms with Gasteiger partial charge in [0.15, 0.2) is 0 Å². The summed E-state index contributed by atoms with van der Waals surface area (Å²) in [4.78, 5) is 4.51. The first-order chi connectivity index (χ1) is 8.28. The molecule has 1 atom stereocenters. The Kier molecular flexibility index (Phi) is 4.86. The van der Waals surface area contributed by atoms with Crippen molar-refractivity contribution < 1.29 is 0 Å². The van der Waals surface area contributed by atoms with Crippen LogP contribution in [0.4, 0.5) is 0 Å². The van der Waals surface area contributed by atoms with Gasteiger partial charge in [-0.05, 0) is 30.4 Å². The summed E-state index contributed by atoms with van der Waals surface area (Å²) < 4.78 is 0. The first-order valence-corrected chi connectivity index (χ1v) is 7.57. The van der Waals surface area contributed by atoms with E-state index in [0.717, 1.165) is 23.5 Å². The van der Waals surface area contributed by atoms with Crippen molar-refractivity contribution >= 4 is 11.8 Å². The molecule has 0 saturated heterocycles. The van der Waals surface area contributed by atoms with Crippen molar-refractivity contribution in [2.45, 2.75) is 50.7 Å². The van der Waals surface area contributed by atoms with Gasteiger partial charge in [0, 0.05) is 24.5 Å². The van der Waals surface area contributed by atoms with Gasteiger partial charge in [-0.2, -0.15) is 0 Å². The van der Waals surface area contributed by atoms with Gasteiger partial charge in [-0.25, -0.2) is 4.98 Å². The summed E-state index contributed by atoms with van der Waals surface area (Å²) in [6.07, 6.45) is 5.94. The van der Waals surface area contributed by atoms with E-state index in [-0.39, 0.29) is 0 Å². The van der Waals surface area contributed by atoms with Gasteiger partial charge in [0.2, 0.25) is 0 Å². The third-order valence-electron chi connectivity index (χ3n) is 3.18. The van der Waals surface area contributed by atoms with Gasteiger partial charge < -0.3 is 5.32 Å². The minimum atomic E-state index is 0.773. The summed E-state index contributed by atoms with van der Waals surface area (Å²) in [6, 6.07) is 5.12. The van der Waals surface area contributed by atoms with Crippen LogP contribution in [0.5, 0.6) is 0 Å². The Morgan fingerprint density at radius 2 is 2.29 bits per heavy atom. The number of nitrogens with zero attached hydrogens (tertiary/aromatic N) is 1. The Labute approximate surface area is 109 Å². The zero-order chi connectivity index (χ0) is 12.1. The zero-order valence-electron chi connectivity index (χ0n) is 10.8. The Morgan fingerprint density at radius 1 is 1.47 bits per heavy atom. The van der Waals surface area contributed by atoms with E-state index in [0.29, 0.717) is 0 Å². The van der Waals surface area contributed by atoms with Crippen LogP contribution in [-0.4, -0.2) is 16.8 Å². The second-order valence-electron chi connectivity index (χ2n) is 4.98. The normalized spacial score (nSPS) is 17.1. The number of pyridine rings is 1. The third-order valence-corrected chi connectivity index (χ3v) is 4.46. The smallest absolute Gasteiger partial charge is 0.0960 e. The van der Waals surface area contributed by atoms with Crippen molar-refractivity contribution in [2.75, 3.05) is 5.75 Å². The second-order valence-corrected chi connectivity index (χ2v) is 6.02. The maximum atomic E-state index is 4.51. The summed E-state index contributed by atoms with van der Waals surface area (Å²) >= 11 is 1.87. The van der Waals surface area contributed by atoms with Crippen LogP contribution in [0, 0.1) is 5.92 Å². The maximum absolute atomic E-state index is 4.51. The maximum Gasteiger partial charge on any atom is 0.0960 e. The highest BCUT2D eigenvalue weighted by molar-refractivity contribution is 7.99. The molecule has 1 aromatic rings. The Morgan fingerprint density at radius 3 is 2.88 bits per heavy atom. The molecule has 1 fully saturated rings. The molecule has 0 bridgehead atoms. The lowest BCUT2D eigenvalue weighted by molar-refractivity contribution is 0.636. The lowest BCUT2D eigenvalue weighted by atomic mass is 10.2. The Balaban J connectivity index is 1.75. The Hall–Kier alpha value is -0.540. The number of aromatic nitrogens is 1. The summed E-state index contributed by atoms with van der Waals surface area (Å²) in [6.45, 7) is 5.50. The molecule has 1 aliphatic carbocycles. The quantitative estimate of drug-likeness (QED) is 0.750. The van der Waals surface area contributed by atoms with Gasteiger partial charge in [0.25, 0.3) is 0 Å². The lowest BCUT2D eigenvalue weighted by Gasteiger charge is -2.07. The van der Waals surface area contributed by atoms with Gasteiger partial charge in [-0.3, -0.25) is 0 Å². The van der Waals surface area contributed by atoms with E-state index >= 15 is 0 Å². The molecule has 1 saturated carbocycles. The van der Waals surface area contributed by atoms with Crippen LogP contribution in [-0.2, 0) is 6.54 Å². The molecule has 0 spiro atoms. The van der Waals surface area contributed by atoms with E-state index in [2.05, 4.69) is 36.3 Å². The number of rotatable bonds is 7. The fourth-order valence-electron chi connectivity index (χ4n) is 1.50. The molecule has 3 heteroatoms. The highest BCUT2D eigenvalue weighted by atomic mass is 32.2. The molecule has 1 heterocycles. The summed E-state index contributed by atoms with van der Waals surface area (Å²) in [5.74, 6) is 1.95. The van der Waals surface area contributed by atoms with Crippen LogP contribution in [0.2, 0.25) is 0 Å². The van der Waals surface area contributed by atoms with Crippen LogP contribution in [0.1, 0.15) is 38.7 Å². The Bertz CT molecular complexity index is 333. The fourth-order valence-corrected chi connectivity index (χ4v) is 2.48. The monoisotopic (exact) mass is 250 g/mol. The van der Waals surface area contributed by atoms with Gasteiger partial charge in [-0.1, -0.05) is 26.3 Å². The van der Waals surface area contributed by atoms with Gasteiger partial charge in [-0.15, -0.1) is 11.8 Å². The molecule has 1 aromatic heterocycles. The van der Waals surface area contributed by atoms with Crippen molar-refractivity contribution in [3.63, 3.8) is 0 Å². The molecule has 0 amide bonds. The highest BCUT2D eigenvalue weighted by Crippen LogP contribution is 2.21. The molecule has 2 rings (SSSR count). The average Bonchev–Trinajstić information content (AvgIpc) is 3.18. The molecule has 0 aromatic carbocycles. The van der Waals surface area contributed by atoms with E-state index in [9.17, 15) is 0 Å². The minimum Gasteiger partial charge on any atom is -0.310 e. The highest BCUT2D eigenvalue weighted by Gasteiger charge is 2.19. The fraction of sp³-hybridized carbons (Fsp3) is 0.643. The summed E-state index contributed by atoms with van der Waals surface area (Å²) in [5.41, 5.74) is 1.30. The molecular weight excluding hydrogens is 228 g/mol. The second kappa shape index (κ2) is 6.41. The molecule has 1 N–H and O–H groups in total. The predicted octanol–water partition coefficient (Wildman–Crippen LogP) is 3.47. The van der Waals surface area contributed by atoms with Crippen molar-refractivity contribution in [3.8, 4) is 0 Å². The topological polar surface area (TPSA) is 24.9 Å². The van der Waals surface area contributed by atoms with Crippen LogP contribution < -0.4 is 5.32 Å². The van der Waals surface area contributed by atoms with E-state index in [1.165, 1.54) is 30.6 Å². The predicted molar refractivity (Wildman–Crippen MR) is 74.3 cm³/mol. The molecule has 2 nitrogen and oxygen atoms in total. The molecule has 94 valence electrons. The standard InChI is InChI=1S/C14H22N2S/c1-3-11(2)10-17-14-7-4-12(9-16-14)8-15-13-5-6-13/h4,7,9,11,13,15H,3,5-6,8,10H2,1-2H3. The van der Waals surface area contributed by atoms with Gasteiger partial charge >= 0.3 is 0 Å². The SMILES string of the molecule is CCC(C)CSc1ccc(CNC2CC2)cn1. The van der Waals surface area contributed by atoms with Crippen LogP contribution in [0.25, 0.3) is 0 Å². The molecule has 0 radical (unpaired) electrons.